The number of nitriles is 1. The highest BCUT2D eigenvalue weighted by atomic mass is 32.1. The molecule has 0 aliphatic carbocycles. The summed E-state index contributed by atoms with van der Waals surface area (Å²) in [7, 11) is 0. The van der Waals surface area contributed by atoms with Gasteiger partial charge in [0, 0.05) is 22.2 Å². The number of nitrogens with one attached hydrogen (secondary N) is 1. The molecule has 0 bridgehead atoms. The van der Waals surface area contributed by atoms with E-state index in [1.807, 2.05) is 47.8 Å². The van der Waals surface area contributed by atoms with Crippen LogP contribution in [0.5, 0.6) is 0 Å². The Labute approximate surface area is 150 Å². The lowest BCUT2D eigenvalue weighted by molar-refractivity contribution is -0.118. The van der Waals surface area contributed by atoms with E-state index in [0.29, 0.717) is 16.3 Å². The number of benzene rings is 1. The molecular formula is C18H15N3OS2. The summed E-state index contributed by atoms with van der Waals surface area (Å²) in [4.78, 5) is 18.2. The van der Waals surface area contributed by atoms with Crippen LogP contribution in [-0.4, -0.2) is 11.6 Å². The van der Waals surface area contributed by atoms with E-state index < -0.39 is 5.92 Å². The summed E-state index contributed by atoms with van der Waals surface area (Å²) in [6.07, 6.45) is 0. The van der Waals surface area contributed by atoms with Crippen molar-refractivity contribution in [1.82, 2.24) is 0 Å². The van der Waals surface area contributed by atoms with Crippen molar-refractivity contribution in [3.05, 3.63) is 63.3 Å². The molecule has 0 saturated carbocycles. The maximum atomic E-state index is 12.9. The van der Waals surface area contributed by atoms with E-state index in [-0.39, 0.29) is 11.8 Å². The number of thiophene rings is 1. The van der Waals surface area contributed by atoms with Gasteiger partial charge < -0.3 is 5.32 Å². The maximum Gasteiger partial charge on any atom is 0.234 e. The lowest BCUT2D eigenvalue weighted by Gasteiger charge is -2.29. The highest BCUT2D eigenvalue weighted by Crippen LogP contribution is 2.41. The summed E-state index contributed by atoms with van der Waals surface area (Å²) in [5.41, 5.74) is 1.81. The Morgan fingerprint density at radius 1 is 1.29 bits per heavy atom. The number of hydrogen-bond donors (Lipinski definition) is 2. The summed E-state index contributed by atoms with van der Waals surface area (Å²) >= 11 is 5.86. The number of hydrogen-bond acceptors (Lipinski definition) is 5. The fraction of sp³-hybridized carbons (Fsp3) is 0.167. The fourth-order valence-electron chi connectivity index (χ4n) is 2.82. The number of nitrogens with zero attached hydrogens (tertiary/aromatic N) is 2. The molecule has 3 rings (SSSR count). The number of para-hydroxylation sites is 1. The first-order valence-corrected chi connectivity index (χ1v) is 8.72. The van der Waals surface area contributed by atoms with E-state index in [9.17, 15) is 10.1 Å². The van der Waals surface area contributed by atoms with Crippen LogP contribution in [0.2, 0.25) is 0 Å². The summed E-state index contributed by atoms with van der Waals surface area (Å²) in [5, 5.41) is 14.8. The zero-order chi connectivity index (χ0) is 17.1. The van der Waals surface area contributed by atoms with Crippen LogP contribution < -0.4 is 5.32 Å². The Morgan fingerprint density at radius 2 is 2.04 bits per heavy atom. The second-order valence-corrected chi connectivity index (χ2v) is 6.83. The second-order valence-electron chi connectivity index (χ2n) is 5.43. The summed E-state index contributed by atoms with van der Waals surface area (Å²) in [5.74, 6) is -1.06. The van der Waals surface area contributed by atoms with Gasteiger partial charge in [0.1, 0.15) is 5.03 Å². The minimum Gasteiger partial charge on any atom is -0.325 e. The van der Waals surface area contributed by atoms with Crippen molar-refractivity contribution in [1.29, 1.82) is 5.26 Å². The molecule has 2 atom stereocenters. The van der Waals surface area contributed by atoms with Crippen molar-refractivity contribution in [3.8, 4) is 6.07 Å². The molecule has 1 amide bonds. The van der Waals surface area contributed by atoms with E-state index in [0.717, 1.165) is 10.6 Å². The molecule has 0 radical (unpaired) electrons. The predicted octanol–water partition coefficient (Wildman–Crippen LogP) is 4.23. The lowest BCUT2D eigenvalue weighted by Crippen LogP contribution is -2.36. The molecule has 4 nitrogen and oxygen atoms in total. The standard InChI is InChI=1S/C18H15N3OS2/c1-11-15(17(22)21-12-6-3-2-4-7-12)16(14-8-5-9-24-14)13(10-19)18(23)20-11/h2-9,15-16,23H,1H3,(H,21,22)/t15?,16-/m1/s1. The SMILES string of the molecule is CC1=NC(S)=C(C#N)[C@H](c2cccs2)C1C(=O)Nc1ccccc1. The van der Waals surface area contributed by atoms with E-state index in [4.69, 9.17) is 0 Å². The zero-order valence-corrected chi connectivity index (χ0v) is 14.6. The van der Waals surface area contributed by atoms with Crippen LogP contribution >= 0.6 is 24.0 Å². The maximum absolute atomic E-state index is 12.9. The van der Waals surface area contributed by atoms with Crippen LogP contribution in [-0.2, 0) is 4.79 Å². The lowest BCUT2D eigenvalue weighted by atomic mass is 9.80. The van der Waals surface area contributed by atoms with Crippen LogP contribution in [0.4, 0.5) is 5.69 Å². The third-order valence-electron chi connectivity index (χ3n) is 3.91. The molecule has 6 heteroatoms. The average molecular weight is 353 g/mol. The number of rotatable bonds is 3. The smallest absolute Gasteiger partial charge is 0.234 e. The van der Waals surface area contributed by atoms with Gasteiger partial charge in [-0.3, -0.25) is 4.79 Å². The first-order valence-electron chi connectivity index (χ1n) is 7.39. The Morgan fingerprint density at radius 3 is 2.67 bits per heavy atom. The monoisotopic (exact) mass is 353 g/mol. The molecule has 2 heterocycles. The molecule has 0 fully saturated rings. The van der Waals surface area contributed by atoms with Gasteiger partial charge in [0.15, 0.2) is 0 Å². The van der Waals surface area contributed by atoms with Gasteiger partial charge >= 0.3 is 0 Å². The minimum atomic E-state index is -0.533. The molecule has 1 aromatic heterocycles. The van der Waals surface area contributed by atoms with Crippen molar-refractivity contribution in [2.45, 2.75) is 12.8 Å². The van der Waals surface area contributed by atoms with Crippen LogP contribution in [0.3, 0.4) is 0 Å². The van der Waals surface area contributed by atoms with Crippen LogP contribution in [0.1, 0.15) is 17.7 Å². The van der Waals surface area contributed by atoms with Crippen LogP contribution in [0.15, 0.2) is 63.4 Å². The molecule has 1 N–H and O–H groups in total. The van der Waals surface area contributed by atoms with Crippen molar-refractivity contribution < 1.29 is 4.79 Å². The van der Waals surface area contributed by atoms with Gasteiger partial charge in [0.2, 0.25) is 5.91 Å². The number of anilines is 1. The van der Waals surface area contributed by atoms with Gasteiger partial charge in [-0.05, 0) is 30.5 Å². The Bertz CT molecular complexity index is 848. The molecule has 1 aromatic carbocycles. The topological polar surface area (TPSA) is 65.2 Å². The van der Waals surface area contributed by atoms with Crippen molar-refractivity contribution >= 4 is 41.3 Å². The zero-order valence-electron chi connectivity index (χ0n) is 12.9. The molecule has 0 saturated heterocycles. The number of carbonyl (C=O) groups is 1. The van der Waals surface area contributed by atoms with Crippen molar-refractivity contribution in [2.75, 3.05) is 5.32 Å². The van der Waals surface area contributed by atoms with Crippen LogP contribution in [0, 0.1) is 17.2 Å². The molecular weight excluding hydrogens is 338 g/mol. The average Bonchev–Trinajstić information content (AvgIpc) is 3.09. The summed E-state index contributed by atoms with van der Waals surface area (Å²) < 4.78 is 0. The second kappa shape index (κ2) is 7.04. The largest absolute Gasteiger partial charge is 0.325 e. The molecule has 1 aliphatic rings. The highest BCUT2D eigenvalue weighted by Gasteiger charge is 2.39. The van der Waals surface area contributed by atoms with Gasteiger partial charge in [-0.25, -0.2) is 4.99 Å². The first-order chi connectivity index (χ1) is 11.6. The molecule has 2 aromatic rings. The van der Waals surface area contributed by atoms with Gasteiger partial charge in [0.25, 0.3) is 0 Å². The molecule has 1 unspecified atom stereocenters. The minimum absolute atomic E-state index is 0.172. The number of thiol groups is 1. The molecule has 0 spiro atoms. The third kappa shape index (κ3) is 3.14. The summed E-state index contributed by atoms with van der Waals surface area (Å²) in [6, 6.07) is 15.3. The van der Waals surface area contributed by atoms with E-state index in [1.54, 1.807) is 6.92 Å². The van der Waals surface area contributed by atoms with E-state index in [2.05, 4.69) is 29.0 Å². The normalized spacial score (nSPS) is 20.3. The van der Waals surface area contributed by atoms with Gasteiger partial charge in [-0.1, -0.05) is 24.3 Å². The Balaban J connectivity index is 1.99. The van der Waals surface area contributed by atoms with Crippen molar-refractivity contribution in [2.24, 2.45) is 10.9 Å². The quantitative estimate of drug-likeness (QED) is 0.811. The van der Waals surface area contributed by atoms with Crippen molar-refractivity contribution in [3.63, 3.8) is 0 Å². The number of carbonyl (C=O) groups excluding carboxylic acids is 1. The first kappa shape index (κ1) is 16.5. The van der Waals surface area contributed by atoms with E-state index in [1.165, 1.54) is 11.3 Å². The fourth-order valence-corrected chi connectivity index (χ4v) is 4.04. The van der Waals surface area contributed by atoms with Gasteiger partial charge in [-0.2, -0.15) is 5.26 Å². The van der Waals surface area contributed by atoms with Crippen LogP contribution in [0.25, 0.3) is 0 Å². The number of allylic oxidation sites excluding steroid dienone is 1. The number of amides is 1. The molecule has 24 heavy (non-hydrogen) atoms. The number of aliphatic imine (C=N–C) groups is 1. The Hall–Kier alpha value is -2.36. The predicted molar refractivity (Wildman–Crippen MR) is 100 cm³/mol. The third-order valence-corrected chi connectivity index (χ3v) is 5.21. The highest BCUT2D eigenvalue weighted by molar-refractivity contribution is 7.84. The molecule has 120 valence electrons. The molecule has 1 aliphatic heterocycles. The van der Waals surface area contributed by atoms with Gasteiger partial charge in [0.05, 0.1) is 17.6 Å². The van der Waals surface area contributed by atoms with Gasteiger partial charge in [-0.15, -0.1) is 24.0 Å². The van der Waals surface area contributed by atoms with E-state index >= 15 is 0 Å². The summed E-state index contributed by atoms with van der Waals surface area (Å²) in [6.45, 7) is 1.81. The Kier molecular flexibility index (Phi) is 4.84.